The van der Waals surface area contributed by atoms with E-state index in [4.69, 9.17) is 5.11 Å². The number of rotatable bonds is 5. The van der Waals surface area contributed by atoms with Gasteiger partial charge in [-0.2, -0.15) is 0 Å². The number of benzene rings is 2. The van der Waals surface area contributed by atoms with Crippen LogP contribution in [0.1, 0.15) is 10.4 Å². The summed E-state index contributed by atoms with van der Waals surface area (Å²) < 4.78 is 90.1. The Morgan fingerprint density at radius 1 is 0.920 bits per heavy atom. The van der Waals surface area contributed by atoms with E-state index in [1.807, 2.05) is 0 Å². The van der Waals surface area contributed by atoms with Gasteiger partial charge in [0.05, 0.1) is 10.5 Å². The van der Waals surface area contributed by atoms with Gasteiger partial charge in [-0.1, -0.05) is 0 Å². The highest BCUT2D eigenvalue weighted by atomic mass is 32.2. The third-order valence-corrected chi connectivity index (χ3v) is 4.15. The Kier molecular flexibility index (Phi) is 4.94. The lowest BCUT2D eigenvalue weighted by molar-refractivity contribution is 0.0691. The van der Waals surface area contributed by atoms with E-state index >= 15 is 0 Å². The molecule has 0 spiro atoms. The summed E-state index contributed by atoms with van der Waals surface area (Å²) in [4.78, 5) is 11.4. The van der Waals surface area contributed by atoms with Gasteiger partial charge in [0.1, 0.15) is 11.5 Å². The van der Waals surface area contributed by atoms with Crippen LogP contribution in [0.2, 0.25) is 0 Å². The zero-order valence-electron chi connectivity index (χ0n) is 11.8. The van der Waals surface area contributed by atoms with Crippen LogP contribution in [-0.2, 0) is 10.0 Å². The van der Waals surface area contributed by atoms with Crippen molar-refractivity contribution in [1.82, 2.24) is 4.83 Å². The molecule has 25 heavy (non-hydrogen) atoms. The minimum Gasteiger partial charge on any atom is -0.478 e. The smallest absolute Gasteiger partial charge is 0.338 e. The van der Waals surface area contributed by atoms with Crippen molar-refractivity contribution in [3.8, 4) is 0 Å². The van der Waals surface area contributed by atoms with Gasteiger partial charge in [0.2, 0.25) is 0 Å². The predicted octanol–water partition coefficient (Wildman–Crippen LogP) is 2.39. The predicted molar refractivity (Wildman–Crippen MR) is 73.6 cm³/mol. The SMILES string of the molecule is O=C(O)c1cc(S(=O)(=O)NNc2c(F)c(F)cc(F)c2F)ccc1F. The van der Waals surface area contributed by atoms with Crippen LogP contribution in [0.5, 0.6) is 0 Å². The second-order valence-corrected chi connectivity index (χ2v) is 6.20. The Morgan fingerprint density at radius 3 is 2.00 bits per heavy atom. The van der Waals surface area contributed by atoms with Crippen molar-refractivity contribution in [3.63, 3.8) is 0 Å². The average molecular weight is 382 g/mol. The van der Waals surface area contributed by atoms with Crippen molar-refractivity contribution < 1.29 is 40.3 Å². The molecule has 0 amide bonds. The van der Waals surface area contributed by atoms with E-state index in [0.717, 1.165) is 0 Å². The summed E-state index contributed by atoms with van der Waals surface area (Å²) in [6.07, 6.45) is 0. The van der Waals surface area contributed by atoms with Crippen molar-refractivity contribution in [2.75, 3.05) is 5.43 Å². The first-order valence-corrected chi connectivity index (χ1v) is 7.66. The van der Waals surface area contributed by atoms with Gasteiger partial charge < -0.3 is 10.5 Å². The molecule has 3 N–H and O–H groups in total. The summed E-state index contributed by atoms with van der Waals surface area (Å²) in [6.45, 7) is 0. The van der Waals surface area contributed by atoms with Gasteiger partial charge in [0, 0.05) is 6.07 Å². The molecule has 0 aliphatic rings. The third-order valence-electron chi connectivity index (χ3n) is 2.90. The quantitative estimate of drug-likeness (QED) is 0.419. The molecule has 0 aliphatic carbocycles. The number of halogens is 5. The topological polar surface area (TPSA) is 95.5 Å². The fourth-order valence-corrected chi connectivity index (χ4v) is 2.57. The molecule has 0 bridgehead atoms. The van der Waals surface area contributed by atoms with Crippen molar-refractivity contribution in [1.29, 1.82) is 0 Å². The van der Waals surface area contributed by atoms with Crippen LogP contribution in [0.3, 0.4) is 0 Å². The largest absolute Gasteiger partial charge is 0.478 e. The van der Waals surface area contributed by atoms with Crippen molar-refractivity contribution in [2.24, 2.45) is 0 Å². The number of carboxylic acid groups (broad SMARTS) is 1. The fourth-order valence-electron chi connectivity index (χ4n) is 1.70. The molecule has 0 atom stereocenters. The second kappa shape index (κ2) is 6.64. The molecule has 0 saturated heterocycles. The van der Waals surface area contributed by atoms with Crippen LogP contribution in [0.15, 0.2) is 29.2 Å². The molecule has 2 aromatic carbocycles. The number of hydrogen-bond donors (Lipinski definition) is 3. The van der Waals surface area contributed by atoms with Gasteiger partial charge in [-0.05, 0) is 18.2 Å². The molecule has 0 unspecified atom stereocenters. The summed E-state index contributed by atoms with van der Waals surface area (Å²) in [6, 6.07) is 1.58. The van der Waals surface area contributed by atoms with Crippen LogP contribution in [-0.4, -0.2) is 19.5 Å². The van der Waals surface area contributed by atoms with Gasteiger partial charge in [0.15, 0.2) is 23.3 Å². The molecule has 0 aromatic heterocycles. The summed E-state index contributed by atoms with van der Waals surface area (Å²) in [5, 5.41) is 8.74. The van der Waals surface area contributed by atoms with Crippen LogP contribution in [0.25, 0.3) is 0 Å². The molecule has 12 heteroatoms. The van der Waals surface area contributed by atoms with E-state index in [9.17, 15) is 35.2 Å². The Hall–Kier alpha value is -2.73. The number of carboxylic acids is 1. The highest BCUT2D eigenvalue weighted by Gasteiger charge is 2.23. The van der Waals surface area contributed by atoms with E-state index in [1.165, 1.54) is 10.3 Å². The lowest BCUT2D eigenvalue weighted by atomic mass is 10.2. The zero-order valence-corrected chi connectivity index (χ0v) is 12.6. The number of nitrogens with one attached hydrogen (secondary N) is 2. The fraction of sp³-hybridized carbons (Fsp3) is 0. The second-order valence-electron chi connectivity index (χ2n) is 4.52. The van der Waals surface area contributed by atoms with Crippen LogP contribution in [0, 0.1) is 29.1 Å². The number of hydrazine groups is 1. The summed E-state index contributed by atoms with van der Waals surface area (Å²) in [5.41, 5.74) is -0.976. The summed E-state index contributed by atoms with van der Waals surface area (Å²) in [5.74, 6) is -10.3. The first kappa shape index (κ1) is 18.6. The van der Waals surface area contributed by atoms with Gasteiger partial charge in [-0.25, -0.2) is 35.2 Å². The summed E-state index contributed by atoms with van der Waals surface area (Å²) >= 11 is 0. The number of sulfonamides is 1. The molecule has 2 aromatic rings. The minimum absolute atomic E-state index is 0.0799. The van der Waals surface area contributed by atoms with Crippen LogP contribution >= 0.6 is 0 Å². The maximum absolute atomic E-state index is 13.4. The first-order valence-electron chi connectivity index (χ1n) is 6.18. The molecule has 0 aliphatic heterocycles. The minimum atomic E-state index is -4.66. The molecule has 0 fully saturated rings. The van der Waals surface area contributed by atoms with E-state index in [1.54, 1.807) is 0 Å². The maximum Gasteiger partial charge on any atom is 0.338 e. The first-order chi connectivity index (χ1) is 11.5. The van der Waals surface area contributed by atoms with Gasteiger partial charge in [-0.3, -0.25) is 0 Å². The molecule has 0 heterocycles. The Balaban J connectivity index is 2.36. The standard InChI is InChI=1S/C13H7F5N2O4S/c14-7-2-1-5(3-6(7)13(21)22)25(23,24)20-19-12-10(17)8(15)4-9(16)11(12)18/h1-4,19-20H,(H,21,22). The maximum atomic E-state index is 13.4. The number of anilines is 1. The molecule has 0 saturated carbocycles. The zero-order chi connectivity index (χ0) is 18.9. The summed E-state index contributed by atoms with van der Waals surface area (Å²) in [7, 11) is -4.66. The number of aromatic carboxylic acids is 1. The molecule has 6 nitrogen and oxygen atoms in total. The molecule has 134 valence electrons. The molecular weight excluding hydrogens is 375 g/mol. The molecular formula is C13H7F5N2O4S. The third kappa shape index (κ3) is 3.69. The molecule has 2 rings (SSSR count). The van der Waals surface area contributed by atoms with E-state index in [0.29, 0.717) is 18.2 Å². The Bertz CT molecular complexity index is 939. The van der Waals surface area contributed by atoms with Gasteiger partial charge >= 0.3 is 5.97 Å². The Labute approximate surface area is 136 Å². The van der Waals surface area contributed by atoms with Gasteiger partial charge in [-0.15, -0.1) is 4.83 Å². The number of hydrogen-bond acceptors (Lipinski definition) is 4. The number of carbonyl (C=O) groups is 1. The van der Waals surface area contributed by atoms with Crippen LogP contribution in [0.4, 0.5) is 27.6 Å². The van der Waals surface area contributed by atoms with E-state index < -0.39 is 61.2 Å². The van der Waals surface area contributed by atoms with E-state index in [-0.39, 0.29) is 6.07 Å². The highest BCUT2D eigenvalue weighted by Crippen LogP contribution is 2.24. The highest BCUT2D eigenvalue weighted by molar-refractivity contribution is 7.89. The lowest BCUT2D eigenvalue weighted by Gasteiger charge is -2.12. The Morgan fingerprint density at radius 2 is 1.48 bits per heavy atom. The van der Waals surface area contributed by atoms with Crippen LogP contribution < -0.4 is 10.3 Å². The van der Waals surface area contributed by atoms with Crippen molar-refractivity contribution in [3.05, 3.63) is 58.9 Å². The van der Waals surface area contributed by atoms with Crippen molar-refractivity contribution >= 4 is 21.7 Å². The monoisotopic (exact) mass is 382 g/mol. The lowest BCUT2D eigenvalue weighted by Crippen LogP contribution is -2.31. The van der Waals surface area contributed by atoms with Gasteiger partial charge in [0.25, 0.3) is 10.0 Å². The average Bonchev–Trinajstić information content (AvgIpc) is 2.53. The van der Waals surface area contributed by atoms with Crippen molar-refractivity contribution in [2.45, 2.75) is 4.90 Å². The van der Waals surface area contributed by atoms with E-state index in [2.05, 4.69) is 0 Å². The normalized spacial score (nSPS) is 11.4. The molecule has 0 radical (unpaired) electrons.